The number of hydrogen-bond donors (Lipinski definition) is 4. The number of unbranched alkanes of at least 4 members (excludes halogenated alkanes) is 18. The van der Waals surface area contributed by atoms with Gasteiger partial charge >= 0.3 is 11.9 Å². The van der Waals surface area contributed by atoms with Gasteiger partial charge in [-0.3, -0.25) is 9.59 Å². The van der Waals surface area contributed by atoms with Crippen LogP contribution in [-0.2, 0) is 22.4 Å². The largest absolute Gasteiger partial charge is 0.478 e. The number of aromatic carboxylic acids is 2. The number of rotatable bonds is 30. The molecule has 0 heterocycles. The van der Waals surface area contributed by atoms with E-state index < -0.39 is 11.9 Å². The van der Waals surface area contributed by atoms with Crippen molar-refractivity contribution in [1.82, 2.24) is 0 Å². The highest BCUT2D eigenvalue weighted by Gasteiger charge is 2.14. The molecular formula is C43H66N2O6. The Morgan fingerprint density at radius 1 is 0.451 bits per heavy atom. The van der Waals surface area contributed by atoms with Gasteiger partial charge in [0, 0.05) is 24.2 Å². The van der Waals surface area contributed by atoms with Crippen molar-refractivity contribution in [1.29, 1.82) is 0 Å². The van der Waals surface area contributed by atoms with Crippen LogP contribution in [-0.4, -0.2) is 34.0 Å². The molecule has 284 valence electrons. The Balaban J connectivity index is 1.79. The predicted molar refractivity (Wildman–Crippen MR) is 209 cm³/mol. The molecule has 4 N–H and O–H groups in total. The molecule has 0 atom stereocenters. The minimum absolute atomic E-state index is 0.0527. The summed E-state index contributed by atoms with van der Waals surface area (Å²) in [4.78, 5) is 48.9. The molecule has 8 heteroatoms. The van der Waals surface area contributed by atoms with Crippen molar-refractivity contribution in [3.8, 4) is 0 Å². The van der Waals surface area contributed by atoms with Gasteiger partial charge in [0.05, 0.1) is 11.1 Å². The molecule has 51 heavy (non-hydrogen) atoms. The Morgan fingerprint density at radius 2 is 0.765 bits per heavy atom. The molecule has 8 nitrogen and oxygen atoms in total. The summed E-state index contributed by atoms with van der Waals surface area (Å²) in [6.07, 6.45) is 25.5. The van der Waals surface area contributed by atoms with E-state index in [0.29, 0.717) is 61.0 Å². The highest BCUT2D eigenvalue weighted by molar-refractivity contribution is 5.94. The van der Waals surface area contributed by atoms with Crippen molar-refractivity contribution in [3.63, 3.8) is 0 Å². The lowest BCUT2D eigenvalue weighted by atomic mass is 9.97. The van der Waals surface area contributed by atoms with Crippen LogP contribution in [0.4, 0.5) is 11.4 Å². The molecule has 2 rings (SSSR count). The normalized spacial score (nSPS) is 11.0. The summed E-state index contributed by atoms with van der Waals surface area (Å²) in [7, 11) is 0. The molecule has 0 aromatic heterocycles. The Hall–Kier alpha value is -3.68. The smallest absolute Gasteiger partial charge is 0.335 e. The van der Waals surface area contributed by atoms with Crippen LogP contribution in [0.15, 0.2) is 36.4 Å². The summed E-state index contributed by atoms with van der Waals surface area (Å²) in [6.45, 7) is 4.44. The summed E-state index contributed by atoms with van der Waals surface area (Å²) in [5.74, 6) is -2.10. The number of aryl methyl sites for hydroxylation is 2. The number of anilines is 2. The summed E-state index contributed by atoms with van der Waals surface area (Å²) in [5, 5.41) is 25.4. The fourth-order valence-corrected chi connectivity index (χ4v) is 6.62. The van der Waals surface area contributed by atoms with E-state index in [1.54, 1.807) is 36.4 Å². The van der Waals surface area contributed by atoms with Crippen molar-refractivity contribution < 1.29 is 29.4 Å². The topological polar surface area (TPSA) is 133 Å². The van der Waals surface area contributed by atoms with E-state index in [-0.39, 0.29) is 22.9 Å². The van der Waals surface area contributed by atoms with E-state index >= 15 is 0 Å². The van der Waals surface area contributed by atoms with Crippen LogP contribution in [0.25, 0.3) is 0 Å². The van der Waals surface area contributed by atoms with Gasteiger partial charge in [-0.1, -0.05) is 123 Å². The van der Waals surface area contributed by atoms with E-state index in [1.165, 1.54) is 77.0 Å². The van der Waals surface area contributed by atoms with E-state index in [1.807, 2.05) is 0 Å². The molecule has 0 aliphatic carbocycles. The number of carboxylic acids is 2. The molecule has 0 saturated heterocycles. The number of carboxylic acid groups (broad SMARTS) is 2. The first-order valence-electron chi connectivity index (χ1n) is 20.1. The Labute approximate surface area is 307 Å². The summed E-state index contributed by atoms with van der Waals surface area (Å²) in [6, 6.07) is 9.94. The van der Waals surface area contributed by atoms with Gasteiger partial charge in [-0.15, -0.1) is 0 Å². The van der Waals surface area contributed by atoms with Crippen LogP contribution in [0, 0.1) is 0 Å². The van der Waals surface area contributed by atoms with Gasteiger partial charge in [0.25, 0.3) is 0 Å². The molecule has 2 amide bonds. The minimum atomic E-state index is -1.000. The molecule has 0 aliphatic rings. The SMILES string of the molecule is CCCCCCCCCCCC(=O)Nc1ccc(C(=O)O)c(CCCCCc2cc(NC(=O)CCCCCCCCCCC)ccc2C(=O)O)c1. The number of carbonyl (C=O) groups is 4. The third-order valence-corrected chi connectivity index (χ3v) is 9.65. The zero-order valence-electron chi connectivity index (χ0n) is 31.7. The van der Waals surface area contributed by atoms with Crippen molar-refractivity contribution in [2.45, 2.75) is 174 Å². The van der Waals surface area contributed by atoms with Gasteiger partial charge in [-0.25, -0.2) is 9.59 Å². The number of benzene rings is 2. The lowest BCUT2D eigenvalue weighted by molar-refractivity contribution is -0.117. The first kappa shape index (κ1) is 43.5. The average Bonchev–Trinajstić information content (AvgIpc) is 3.10. The van der Waals surface area contributed by atoms with Gasteiger partial charge in [0.1, 0.15) is 0 Å². The second-order valence-corrected chi connectivity index (χ2v) is 14.2. The highest BCUT2D eigenvalue weighted by Crippen LogP contribution is 2.23. The first-order valence-corrected chi connectivity index (χ1v) is 20.1. The Morgan fingerprint density at radius 3 is 1.10 bits per heavy atom. The van der Waals surface area contributed by atoms with E-state index in [0.717, 1.165) is 44.9 Å². The number of carbonyl (C=O) groups excluding carboxylic acids is 2. The molecule has 0 aliphatic heterocycles. The number of nitrogens with one attached hydrogen (secondary N) is 2. The molecule has 0 unspecified atom stereocenters. The molecule has 0 radical (unpaired) electrons. The molecule has 2 aromatic carbocycles. The zero-order chi connectivity index (χ0) is 37.1. The van der Waals surface area contributed by atoms with Crippen LogP contribution >= 0.6 is 0 Å². The second kappa shape index (κ2) is 27.0. The molecule has 2 aromatic rings. The Bertz CT molecular complexity index is 1220. The van der Waals surface area contributed by atoms with E-state index in [9.17, 15) is 29.4 Å². The lowest BCUT2D eigenvalue weighted by Gasteiger charge is -2.12. The van der Waals surface area contributed by atoms with Gasteiger partial charge < -0.3 is 20.8 Å². The van der Waals surface area contributed by atoms with Gasteiger partial charge in [0.2, 0.25) is 11.8 Å². The van der Waals surface area contributed by atoms with E-state index in [4.69, 9.17) is 0 Å². The van der Waals surface area contributed by atoms with Crippen LogP contribution in [0.3, 0.4) is 0 Å². The van der Waals surface area contributed by atoms with Crippen molar-refractivity contribution in [3.05, 3.63) is 58.7 Å². The van der Waals surface area contributed by atoms with Crippen molar-refractivity contribution in [2.24, 2.45) is 0 Å². The average molecular weight is 707 g/mol. The maximum absolute atomic E-state index is 12.6. The van der Waals surface area contributed by atoms with Gasteiger partial charge in [-0.05, 0) is 86.1 Å². The molecule has 0 fully saturated rings. The van der Waals surface area contributed by atoms with Gasteiger partial charge in [-0.2, -0.15) is 0 Å². The lowest BCUT2D eigenvalue weighted by Crippen LogP contribution is -2.12. The summed E-state index contributed by atoms with van der Waals surface area (Å²) in [5.41, 5.74) is 3.02. The van der Waals surface area contributed by atoms with Crippen molar-refractivity contribution >= 4 is 35.1 Å². The van der Waals surface area contributed by atoms with Crippen LogP contribution in [0.5, 0.6) is 0 Å². The quantitative estimate of drug-likeness (QED) is 0.0598. The third kappa shape index (κ3) is 19.5. The van der Waals surface area contributed by atoms with Crippen LogP contribution in [0.2, 0.25) is 0 Å². The maximum atomic E-state index is 12.6. The monoisotopic (exact) mass is 706 g/mol. The molecule has 0 bridgehead atoms. The van der Waals surface area contributed by atoms with E-state index in [2.05, 4.69) is 24.5 Å². The molecular weight excluding hydrogens is 640 g/mol. The Kier molecular flexibility index (Phi) is 23.1. The first-order chi connectivity index (χ1) is 24.7. The summed E-state index contributed by atoms with van der Waals surface area (Å²) >= 11 is 0. The maximum Gasteiger partial charge on any atom is 0.335 e. The minimum Gasteiger partial charge on any atom is -0.478 e. The molecule has 0 spiro atoms. The number of amides is 2. The van der Waals surface area contributed by atoms with Crippen LogP contribution < -0.4 is 10.6 Å². The fraction of sp³-hybridized carbons (Fsp3) is 0.628. The summed E-state index contributed by atoms with van der Waals surface area (Å²) < 4.78 is 0. The standard InChI is InChI=1S/C43H66N2O6/c1-3-5-7-9-11-13-15-17-22-26-40(46)44-36-28-30-38(42(48)49)34(32-36)24-20-19-21-25-35-33-37(29-31-39(35)43(50)51)45-41(47)27-23-18-16-14-12-10-8-6-4-2/h28-33H,3-27H2,1-2H3,(H,44,46)(H,45,47)(H,48,49)(H,50,51). The molecule has 0 saturated carbocycles. The highest BCUT2D eigenvalue weighted by atomic mass is 16.4. The fourth-order valence-electron chi connectivity index (χ4n) is 6.62. The van der Waals surface area contributed by atoms with Gasteiger partial charge in [0.15, 0.2) is 0 Å². The van der Waals surface area contributed by atoms with Crippen molar-refractivity contribution in [2.75, 3.05) is 10.6 Å². The van der Waals surface area contributed by atoms with Crippen LogP contribution in [0.1, 0.15) is 193 Å². The zero-order valence-corrected chi connectivity index (χ0v) is 31.7. The number of hydrogen-bond acceptors (Lipinski definition) is 4. The second-order valence-electron chi connectivity index (χ2n) is 14.2. The third-order valence-electron chi connectivity index (χ3n) is 9.65. The predicted octanol–water partition coefficient (Wildman–Crippen LogP) is 11.8.